The van der Waals surface area contributed by atoms with Crippen LogP contribution in [-0.2, 0) is 4.79 Å². The first-order valence-corrected chi connectivity index (χ1v) is 24.8. The molecular weight excluding hydrogens is 885 g/mol. The molecule has 6 heteroatoms. The summed E-state index contributed by atoms with van der Waals surface area (Å²) in [6.07, 6.45) is 25.5. The van der Waals surface area contributed by atoms with Gasteiger partial charge in [-0.2, -0.15) is 0 Å². The maximum Gasteiger partial charge on any atom is 0.190 e. The highest BCUT2D eigenvalue weighted by Crippen LogP contribution is 2.41. The van der Waals surface area contributed by atoms with Crippen molar-refractivity contribution in [3.05, 3.63) is 265 Å². The number of aryl methyl sites for hydroxylation is 6. The van der Waals surface area contributed by atoms with E-state index in [-0.39, 0.29) is 11.0 Å². The van der Waals surface area contributed by atoms with Crippen LogP contribution in [-0.4, -0.2) is 28.0 Å². The number of carbonyl (C=O) groups excluding carboxylic acids is 1. The average molecular weight is 935 g/mol. The maximum absolute atomic E-state index is 12.1. The molecule has 0 aromatic heterocycles. The van der Waals surface area contributed by atoms with Gasteiger partial charge in [-0.05, 0) is 171 Å². The number of benzene rings is 5. The minimum atomic E-state index is 0.0407. The van der Waals surface area contributed by atoms with E-state index in [1.165, 1.54) is 28.5 Å². The average Bonchev–Trinajstić information content (AvgIpc) is 4.22. The lowest BCUT2D eigenvalue weighted by Gasteiger charge is -2.17. The first-order chi connectivity index (χ1) is 34.4. The Kier molecular flexibility index (Phi) is 11.8. The van der Waals surface area contributed by atoms with Gasteiger partial charge < -0.3 is 0 Å². The van der Waals surface area contributed by atoms with Gasteiger partial charge in [0.1, 0.15) is 0 Å². The third kappa shape index (κ3) is 8.75. The second-order valence-electron chi connectivity index (χ2n) is 18.7. The molecule has 0 unspecified atom stereocenters. The highest BCUT2D eigenvalue weighted by atomic mass is 32.2. The molecule has 0 fully saturated rings. The largest absolute Gasteiger partial charge is 0.287 e. The summed E-state index contributed by atoms with van der Waals surface area (Å²) in [6.45, 7) is 14.6. The van der Waals surface area contributed by atoms with Gasteiger partial charge in [-0.25, -0.2) is 20.0 Å². The zero-order valence-electron chi connectivity index (χ0n) is 40.8. The summed E-state index contributed by atoms with van der Waals surface area (Å²) in [7, 11) is 0. The van der Waals surface area contributed by atoms with Gasteiger partial charge in [0.15, 0.2) is 5.12 Å². The van der Waals surface area contributed by atoms with Gasteiger partial charge in [-0.1, -0.05) is 126 Å². The van der Waals surface area contributed by atoms with Crippen LogP contribution in [0.2, 0.25) is 0 Å². The van der Waals surface area contributed by atoms with E-state index in [1.54, 1.807) is 6.92 Å². The zero-order chi connectivity index (χ0) is 48.9. The van der Waals surface area contributed by atoms with Crippen LogP contribution in [0.15, 0.2) is 218 Å². The van der Waals surface area contributed by atoms with Gasteiger partial charge in [-0.3, -0.25) is 4.79 Å². The van der Waals surface area contributed by atoms with Gasteiger partial charge in [-0.15, -0.1) is 0 Å². The normalized spacial score (nSPS) is 16.7. The summed E-state index contributed by atoms with van der Waals surface area (Å²) in [5.41, 5.74) is 24.5. The van der Waals surface area contributed by atoms with Crippen molar-refractivity contribution in [3.8, 4) is 11.8 Å². The van der Waals surface area contributed by atoms with E-state index in [0.717, 1.165) is 128 Å². The second-order valence-corrected chi connectivity index (χ2v) is 20.0. The van der Waals surface area contributed by atoms with Crippen molar-refractivity contribution in [2.75, 3.05) is 0 Å². The quantitative estimate of drug-likeness (QED) is 0.126. The molecule has 5 aliphatic heterocycles. The highest BCUT2D eigenvalue weighted by molar-refractivity contribution is 8.13. The molecule has 5 heterocycles. The lowest BCUT2D eigenvalue weighted by Crippen LogP contribution is -2.06. The summed E-state index contributed by atoms with van der Waals surface area (Å²) in [5.74, 6) is 7.17. The summed E-state index contributed by atoms with van der Waals surface area (Å²) in [4.78, 5) is 35.2. The molecule has 0 amide bonds. The topological polar surface area (TPSA) is 66.5 Å². The molecule has 1 aliphatic carbocycles. The predicted octanol–water partition coefficient (Wildman–Crippen LogP) is 14.8. The number of thioether (sulfide) groups is 1. The SMILES string of the molecule is CC(=O)Sc1ccc(C2=C3C=CC(=N3)C(c3c(C)cc(C)cc3C)=C3C=CC(=N3)C(c3ccc(C#Cc4ccccc4C4C=CC=C4)cc3)=C3C=CC(=N3)C(c3c(C)cc(C)cc3C)=C3C=CC2=N3)cc1. The van der Waals surface area contributed by atoms with Gasteiger partial charge in [0.2, 0.25) is 0 Å². The van der Waals surface area contributed by atoms with E-state index in [0.29, 0.717) is 0 Å². The Bertz CT molecular complexity index is 3610. The fourth-order valence-electron chi connectivity index (χ4n) is 10.6. The molecule has 5 aromatic carbocycles. The van der Waals surface area contributed by atoms with Crippen LogP contribution in [0.3, 0.4) is 0 Å². The highest BCUT2D eigenvalue weighted by Gasteiger charge is 2.29. The van der Waals surface area contributed by atoms with Gasteiger partial charge >= 0.3 is 0 Å². The Morgan fingerprint density at radius 3 is 1.34 bits per heavy atom. The Balaban J connectivity index is 1.14. The molecule has 342 valence electrons. The number of aliphatic imine (C=N–C) groups is 4. The molecule has 5 nitrogen and oxygen atoms in total. The lowest BCUT2D eigenvalue weighted by molar-refractivity contribution is -0.109. The lowest BCUT2D eigenvalue weighted by atomic mass is 9.90. The molecule has 0 atom stereocenters. The van der Waals surface area contributed by atoms with Crippen LogP contribution in [0, 0.1) is 53.4 Å². The van der Waals surface area contributed by atoms with Crippen molar-refractivity contribution in [2.24, 2.45) is 20.0 Å². The summed E-state index contributed by atoms with van der Waals surface area (Å²) >= 11 is 1.23. The minimum Gasteiger partial charge on any atom is -0.287 e. The fourth-order valence-corrected chi connectivity index (χ4v) is 11.2. The first-order valence-electron chi connectivity index (χ1n) is 24.0. The fraction of sp³-hybridized carbons (Fsp3) is 0.123. The van der Waals surface area contributed by atoms with Crippen molar-refractivity contribution in [1.29, 1.82) is 0 Å². The van der Waals surface area contributed by atoms with Crippen molar-refractivity contribution in [2.45, 2.75) is 59.3 Å². The maximum atomic E-state index is 12.1. The van der Waals surface area contributed by atoms with Crippen LogP contribution in [0.1, 0.15) is 85.2 Å². The van der Waals surface area contributed by atoms with E-state index in [9.17, 15) is 4.79 Å². The molecule has 0 N–H and O–H groups in total. The van der Waals surface area contributed by atoms with Gasteiger partial charge in [0, 0.05) is 51.2 Å². The Morgan fingerprint density at radius 1 is 0.479 bits per heavy atom. The smallest absolute Gasteiger partial charge is 0.190 e. The van der Waals surface area contributed by atoms with E-state index < -0.39 is 0 Å². The molecule has 0 saturated heterocycles. The number of carbonyl (C=O) groups is 1. The third-order valence-corrected chi connectivity index (χ3v) is 14.2. The first kappa shape index (κ1) is 45.2. The van der Waals surface area contributed by atoms with E-state index in [4.69, 9.17) is 20.0 Å². The molecule has 0 saturated carbocycles. The second kappa shape index (κ2) is 18.6. The van der Waals surface area contributed by atoms with E-state index in [2.05, 4.69) is 211 Å². The molecule has 0 spiro atoms. The third-order valence-electron chi connectivity index (χ3n) is 13.5. The molecule has 0 radical (unpaired) electrons. The molecular formula is C65H50N4OS. The number of hydrogen-bond donors (Lipinski definition) is 0. The summed E-state index contributed by atoms with van der Waals surface area (Å²) < 4.78 is 0. The molecule has 6 aliphatic rings. The van der Waals surface area contributed by atoms with Gasteiger partial charge in [0.05, 0.1) is 45.6 Å². The number of fused-ring (bicyclic) bond motifs is 4. The zero-order valence-corrected chi connectivity index (χ0v) is 41.7. The number of hydrogen-bond acceptors (Lipinski definition) is 6. The minimum absolute atomic E-state index is 0.0407. The van der Waals surface area contributed by atoms with Crippen LogP contribution in [0.5, 0.6) is 0 Å². The predicted molar refractivity (Wildman–Crippen MR) is 298 cm³/mol. The number of nitrogens with zero attached hydrogens (tertiary/aromatic N) is 4. The van der Waals surface area contributed by atoms with Gasteiger partial charge in [0.25, 0.3) is 0 Å². The van der Waals surface area contributed by atoms with Crippen molar-refractivity contribution < 1.29 is 4.79 Å². The molecule has 71 heavy (non-hydrogen) atoms. The van der Waals surface area contributed by atoms with Crippen LogP contribution in [0.4, 0.5) is 0 Å². The van der Waals surface area contributed by atoms with Crippen molar-refractivity contribution >= 4 is 62.0 Å². The Morgan fingerprint density at radius 2 is 0.887 bits per heavy atom. The van der Waals surface area contributed by atoms with E-state index >= 15 is 0 Å². The summed E-state index contributed by atoms with van der Waals surface area (Å²) in [6, 6.07) is 34.0. The van der Waals surface area contributed by atoms with Crippen molar-refractivity contribution in [1.82, 2.24) is 0 Å². The number of rotatable bonds is 6. The van der Waals surface area contributed by atoms with Crippen molar-refractivity contribution in [3.63, 3.8) is 0 Å². The molecule has 11 rings (SSSR count). The monoisotopic (exact) mass is 934 g/mol. The van der Waals surface area contributed by atoms with Crippen LogP contribution < -0.4 is 0 Å². The molecule has 5 aromatic rings. The van der Waals surface area contributed by atoms with E-state index in [1.807, 2.05) is 12.1 Å². The Hall–Kier alpha value is -8.24. The summed E-state index contributed by atoms with van der Waals surface area (Å²) in [5, 5.41) is 0.0407. The van der Waals surface area contributed by atoms with Crippen LogP contribution in [0.25, 0.3) is 22.3 Å². The standard InChI is InChI=1S/C65H50N4OS/c1-38-34-40(3)60(41(4)35-38)64-56-30-26-52(66-56)62(48-20-17-45(18-21-48)16-19-47-14-10-11-15-51(47)46-12-8-9-13-46)53-27-31-57(67-53)65(61-42(5)36-39(2)37-43(61)6)59-33-29-55(69-59)63(54-28-32-58(64)68-54)49-22-24-50(25-23-49)71-44(7)70/h8-15,17-18,20-37,46H,1-7H3. The molecule has 8 bridgehead atoms. The van der Waals surface area contributed by atoms with Crippen LogP contribution >= 0.6 is 11.8 Å². The number of allylic oxidation sites excluding steroid dienone is 16. The Labute approximate surface area is 420 Å².